The summed E-state index contributed by atoms with van der Waals surface area (Å²) in [7, 11) is 0. The fourth-order valence-electron chi connectivity index (χ4n) is 1.60. The molecule has 1 rings (SSSR count). The van der Waals surface area contributed by atoms with E-state index in [2.05, 4.69) is 15.9 Å². The van der Waals surface area contributed by atoms with Gasteiger partial charge < -0.3 is 4.90 Å². The molecular formula is C13H15BrN2O. The third-order valence-electron chi connectivity index (χ3n) is 2.47. The Morgan fingerprint density at radius 2 is 2.24 bits per heavy atom. The Morgan fingerprint density at radius 3 is 2.82 bits per heavy atom. The molecule has 0 saturated carbocycles. The third-order valence-corrected chi connectivity index (χ3v) is 2.97. The molecule has 0 fully saturated rings. The number of nitriles is 1. The molecule has 0 aromatic heterocycles. The van der Waals surface area contributed by atoms with Crippen molar-refractivity contribution >= 4 is 21.8 Å². The normalized spacial score (nSPS) is 9.76. The highest BCUT2D eigenvalue weighted by atomic mass is 79.9. The van der Waals surface area contributed by atoms with E-state index in [1.807, 2.05) is 32.0 Å². The van der Waals surface area contributed by atoms with Crippen molar-refractivity contribution in [3.05, 3.63) is 33.8 Å². The summed E-state index contributed by atoms with van der Waals surface area (Å²) in [4.78, 5) is 13.8. The summed E-state index contributed by atoms with van der Waals surface area (Å²) >= 11 is 3.36. The molecule has 4 heteroatoms. The number of aryl methyl sites for hydroxylation is 1. The van der Waals surface area contributed by atoms with Crippen molar-refractivity contribution in [1.29, 1.82) is 5.26 Å². The minimum Gasteiger partial charge on any atom is -0.325 e. The van der Waals surface area contributed by atoms with Gasteiger partial charge >= 0.3 is 0 Å². The van der Waals surface area contributed by atoms with E-state index >= 15 is 0 Å². The Labute approximate surface area is 110 Å². The largest absolute Gasteiger partial charge is 0.325 e. The van der Waals surface area contributed by atoms with Gasteiger partial charge in [0.15, 0.2) is 0 Å². The fraction of sp³-hybridized carbons (Fsp3) is 0.385. The van der Waals surface area contributed by atoms with Crippen molar-refractivity contribution in [2.75, 3.05) is 13.1 Å². The van der Waals surface area contributed by atoms with Gasteiger partial charge in [0, 0.05) is 16.6 Å². The van der Waals surface area contributed by atoms with Crippen molar-refractivity contribution in [1.82, 2.24) is 4.90 Å². The number of benzene rings is 1. The zero-order valence-corrected chi connectivity index (χ0v) is 11.6. The number of amides is 1. The second kappa shape index (κ2) is 6.41. The molecule has 17 heavy (non-hydrogen) atoms. The Balaban J connectivity index is 3.00. The van der Waals surface area contributed by atoms with Crippen LogP contribution >= 0.6 is 15.9 Å². The van der Waals surface area contributed by atoms with E-state index in [9.17, 15) is 4.79 Å². The second-order valence-corrected chi connectivity index (χ2v) is 4.76. The average molecular weight is 295 g/mol. The topological polar surface area (TPSA) is 44.1 Å². The molecule has 0 heterocycles. The molecule has 0 N–H and O–H groups in total. The molecule has 0 aliphatic rings. The quantitative estimate of drug-likeness (QED) is 0.801. The monoisotopic (exact) mass is 294 g/mol. The lowest BCUT2D eigenvalue weighted by atomic mass is 10.1. The van der Waals surface area contributed by atoms with E-state index in [0.29, 0.717) is 12.1 Å². The number of nitrogens with zero attached hydrogens (tertiary/aromatic N) is 2. The van der Waals surface area contributed by atoms with Crippen LogP contribution in [0.3, 0.4) is 0 Å². The number of hydrogen-bond acceptors (Lipinski definition) is 2. The van der Waals surface area contributed by atoms with Gasteiger partial charge in [-0.05, 0) is 31.0 Å². The molecule has 0 spiro atoms. The van der Waals surface area contributed by atoms with Crippen LogP contribution in [0.1, 0.15) is 29.3 Å². The van der Waals surface area contributed by atoms with Gasteiger partial charge in [-0.2, -0.15) is 5.26 Å². The van der Waals surface area contributed by atoms with Crippen molar-refractivity contribution in [2.45, 2.75) is 20.3 Å². The van der Waals surface area contributed by atoms with Gasteiger partial charge in [0.2, 0.25) is 0 Å². The zero-order valence-electron chi connectivity index (χ0n) is 10.0. The van der Waals surface area contributed by atoms with Crippen LogP contribution in [0.25, 0.3) is 0 Å². The van der Waals surface area contributed by atoms with Crippen molar-refractivity contribution in [3.63, 3.8) is 0 Å². The van der Waals surface area contributed by atoms with Gasteiger partial charge in [-0.3, -0.25) is 4.79 Å². The lowest BCUT2D eigenvalue weighted by Crippen LogP contribution is -2.32. The highest BCUT2D eigenvalue weighted by Crippen LogP contribution is 2.17. The molecule has 0 unspecified atom stereocenters. The maximum Gasteiger partial charge on any atom is 0.255 e. The molecule has 1 aromatic rings. The molecule has 0 atom stereocenters. The second-order valence-electron chi connectivity index (χ2n) is 3.84. The maximum atomic E-state index is 12.3. The Morgan fingerprint density at radius 1 is 1.53 bits per heavy atom. The van der Waals surface area contributed by atoms with E-state index < -0.39 is 0 Å². The van der Waals surface area contributed by atoms with E-state index in [1.54, 1.807) is 11.0 Å². The highest BCUT2D eigenvalue weighted by Gasteiger charge is 2.16. The van der Waals surface area contributed by atoms with Crippen LogP contribution in [-0.4, -0.2) is 23.9 Å². The molecule has 0 aliphatic heterocycles. The predicted molar refractivity (Wildman–Crippen MR) is 70.7 cm³/mol. The number of hydrogen-bond donors (Lipinski definition) is 0. The minimum absolute atomic E-state index is 0.0767. The summed E-state index contributed by atoms with van der Waals surface area (Å²) in [6.45, 7) is 4.64. The molecule has 3 nitrogen and oxygen atoms in total. The molecule has 1 amide bonds. The van der Waals surface area contributed by atoms with Crippen LogP contribution in [-0.2, 0) is 0 Å². The van der Waals surface area contributed by atoms with Gasteiger partial charge in [0.05, 0.1) is 6.07 Å². The van der Waals surface area contributed by atoms with Crippen LogP contribution in [0.2, 0.25) is 0 Å². The third kappa shape index (κ3) is 3.57. The molecular weight excluding hydrogens is 280 g/mol. The first-order chi connectivity index (χ1) is 8.10. The number of rotatable bonds is 4. The van der Waals surface area contributed by atoms with E-state index in [-0.39, 0.29) is 12.5 Å². The number of carbonyl (C=O) groups excluding carboxylic acids is 1. The molecule has 1 aromatic carbocycles. The van der Waals surface area contributed by atoms with E-state index in [4.69, 9.17) is 5.26 Å². The van der Waals surface area contributed by atoms with E-state index in [0.717, 1.165) is 16.5 Å². The van der Waals surface area contributed by atoms with Crippen LogP contribution in [0.15, 0.2) is 22.7 Å². The van der Waals surface area contributed by atoms with Crippen molar-refractivity contribution in [2.24, 2.45) is 0 Å². The standard InChI is InChI=1S/C13H15BrN2O/c1-3-7-16(8-6-15)13(17)12-9-11(14)5-4-10(12)2/h4-5,9H,3,7-8H2,1-2H3. The first kappa shape index (κ1) is 13.7. The van der Waals surface area contributed by atoms with Crippen molar-refractivity contribution in [3.8, 4) is 6.07 Å². The number of halogens is 1. The van der Waals surface area contributed by atoms with Crippen molar-refractivity contribution < 1.29 is 4.79 Å². The molecule has 90 valence electrons. The molecule has 0 radical (unpaired) electrons. The van der Waals surface area contributed by atoms with Gasteiger partial charge in [-0.25, -0.2) is 0 Å². The number of carbonyl (C=O) groups is 1. The summed E-state index contributed by atoms with van der Waals surface area (Å²) in [5.41, 5.74) is 1.58. The summed E-state index contributed by atoms with van der Waals surface area (Å²) in [5, 5.41) is 8.73. The fourth-order valence-corrected chi connectivity index (χ4v) is 1.96. The zero-order chi connectivity index (χ0) is 12.8. The molecule has 0 aliphatic carbocycles. The van der Waals surface area contributed by atoms with Gasteiger partial charge in [-0.1, -0.05) is 28.9 Å². The Hall–Kier alpha value is -1.34. The van der Waals surface area contributed by atoms with Gasteiger partial charge in [0.1, 0.15) is 6.54 Å². The Bertz CT molecular complexity index is 451. The lowest BCUT2D eigenvalue weighted by Gasteiger charge is -2.19. The Kier molecular flexibility index (Phi) is 5.17. The summed E-state index contributed by atoms with van der Waals surface area (Å²) in [6.07, 6.45) is 0.848. The SMILES string of the molecule is CCCN(CC#N)C(=O)c1cc(Br)ccc1C. The molecule has 0 bridgehead atoms. The molecule has 0 saturated heterocycles. The van der Waals surface area contributed by atoms with Gasteiger partial charge in [-0.15, -0.1) is 0 Å². The average Bonchev–Trinajstić information content (AvgIpc) is 2.31. The smallest absolute Gasteiger partial charge is 0.255 e. The maximum absolute atomic E-state index is 12.3. The summed E-state index contributed by atoms with van der Waals surface area (Å²) in [5.74, 6) is -0.0767. The summed E-state index contributed by atoms with van der Waals surface area (Å²) in [6, 6.07) is 7.63. The van der Waals surface area contributed by atoms with E-state index in [1.165, 1.54) is 0 Å². The lowest BCUT2D eigenvalue weighted by molar-refractivity contribution is 0.0775. The van der Waals surface area contributed by atoms with Crippen LogP contribution < -0.4 is 0 Å². The first-order valence-electron chi connectivity index (χ1n) is 5.52. The van der Waals surface area contributed by atoms with Crippen LogP contribution in [0.4, 0.5) is 0 Å². The minimum atomic E-state index is -0.0767. The van der Waals surface area contributed by atoms with Crippen LogP contribution in [0.5, 0.6) is 0 Å². The first-order valence-corrected chi connectivity index (χ1v) is 6.31. The highest BCUT2D eigenvalue weighted by molar-refractivity contribution is 9.10. The van der Waals surface area contributed by atoms with Gasteiger partial charge in [0.25, 0.3) is 5.91 Å². The predicted octanol–water partition coefficient (Wildman–Crippen LogP) is 3.13. The van der Waals surface area contributed by atoms with Crippen LogP contribution in [0, 0.1) is 18.3 Å². The summed E-state index contributed by atoms with van der Waals surface area (Å²) < 4.78 is 0.875.